The second kappa shape index (κ2) is 14.4. The highest BCUT2D eigenvalue weighted by molar-refractivity contribution is 4.76. The molecule has 0 aliphatic rings. The summed E-state index contributed by atoms with van der Waals surface area (Å²) in [6.07, 6.45) is 18.6. The summed E-state index contributed by atoms with van der Waals surface area (Å²) in [6.45, 7) is 9.00. The van der Waals surface area contributed by atoms with Crippen molar-refractivity contribution in [1.82, 2.24) is 0 Å². The van der Waals surface area contributed by atoms with Crippen LogP contribution in [-0.4, -0.2) is 0 Å². The molecule has 0 aromatic heterocycles. The average Bonchev–Trinajstić information content (AvgIpc) is 2.34. The molecule has 0 heteroatoms. The van der Waals surface area contributed by atoms with Crippen LogP contribution in [0.5, 0.6) is 0 Å². The summed E-state index contributed by atoms with van der Waals surface area (Å²) >= 11 is 0. The summed E-state index contributed by atoms with van der Waals surface area (Å²) in [5.74, 6) is 3.19. The lowest BCUT2D eigenvalue weighted by atomic mass is 10.0. The zero-order valence-corrected chi connectivity index (χ0v) is 14.2. The Morgan fingerprint density at radius 3 is 0.789 bits per heavy atom. The van der Waals surface area contributed by atoms with Crippen molar-refractivity contribution in [2.45, 2.75) is 111 Å². The number of unbranched alkanes of at least 4 members (excludes halogenated alkanes) is 10. The third-order valence-electron chi connectivity index (χ3n) is 3.85. The van der Waals surface area contributed by atoms with Crippen molar-refractivity contribution in [3.8, 4) is 0 Å². The lowest BCUT2D eigenvalue weighted by Crippen LogP contribution is -1.86. The Balaban J connectivity index is 2.95. The predicted octanol–water partition coefficient (Wildman–Crippen LogP) is 7.29. The lowest BCUT2D eigenvalue weighted by molar-refractivity contribution is 0.539. The minimum absolute atomic E-state index is 1.34. The molecule has 0 saturated carbocycles. The molecule has 0 unspecified atom stereocenters. The van der Waals surface area contributed by atoms with E-state index in [1.165, 1.54) is 83.5 Å². The van der Waals surface area contributed by atoms with Crippen LogP contribution in [-0.2, 0) is 0 Å². The van der Waals surface area contributed by atoms with E-state index in [-0.39, 0.29) is 0 Å². The molecule has 0 aliphatic carbocycles. The van der Waals surface area contributed by atoms with Crippen LogP contribution in [0.4, 0.5) is 0 Å². The smallest absolute Gasteiger partial charge is 0.0303 e. The zero-order valence-electron chi connectivity index (χ0n) is 14.2. The molecule has 19 heavy (non-hydrogen) atoms. The van der Waals surface area contributed by atoms with Gasteiger partial charge in [-0.05, 0) is 24.7 Å². The van der Waals surface area contributed by atoms with Crippen molar-refractivity contribution in [3.63, 3.8) is 0 Å². The maximum Gasteiger partial charge on any atom is -0.0303 e. The summed E-state index contributed by atoms with van der Waals surface area (Å²) in [4.78, 5) is 0. The summed E-state index contributed by atoms with van der Waals surface area (Å²) in [6, 6.07) is 0. The van der Waals surface area contributed by atoms with E-state index in [9.17, 15) is 0 Å². The molecule has 0 saturated heterocycles. The molecular formula is C19H38. The zero-order chi connectivity index (χ0) is 14.3. The van der Waals surface area contributed by atoms with Gasteiger partial charge >= 0.3 is 0 Å². The van der Waals surface area contributed by atoms with Gasteiger partial charge in [-0.15, -0.1) is 0 Å². The molecule has 0 amide bonds. The van der Waals surface area contributed by atoms with Gasteiger partial charge in [0.25, 0.3) is 0 Å². The van der Waals surface area contributed by atoms with Gasteiger partial charge in [0, 0.05) is 0 Å². The first kappa shape index (κ1) is 19.0. The number of hydrogen-bond acceptors (Lipinski definition) is 0. The molecule has 0 aliphatic heterocycles. The van der Waals surface area contributed by atoms with Crippen LogP contribution in [0.1, 0.15) is 111 Å². The molecule has 0 spiro atoms. The van der Waals surface area contributed by atoms with E-state index in [1.54, 1.807) is 11.8 Å². The Bertz CT molecular complexity index is 139. The Morgan fingerprint density at radius 1 is 0.368 bits per heavy atom. The fourth-order valence-electron chi connectivity index (χ4n) is 2.55. The SMILES string of the molecule is C[C](C)CCCCCCCCCCCCC[C](C)C. The van der Waals surface area contributed by atoms with E-state index in [4.69, 9.17) is 0 Å². The molecule has 0 aromatic rings. The molecule has 114 valence electrons. The molecule has 0 rings (SSSR count). The van der Waals surface area contributed by atoms with Crippen LogP contribution in [0, 0.1) is 11.8 Å². The van der Waals surface area contributed by atoms with Crippen molar-refractivity contribution in [2.24, 2.45) is 0 Å². The molecule has 0 fully saturated rings. The molecule has 2 radical (unpaired) electrons. The Morgan fingerprint density at radius 2 is 0.579 bits per heavy atom. The normalized spacial score (nSPS) is 11.7. The van der Waals surface area contributed by atoms with Gasteiger partial charge in [-0.2, -0.15) is 0 Å². The summed E-state index contributed by atoms with van der Waals surface area (Å²) in [7, 11) is 0. The highest BCUT2D eigenvalue weighted by Gasteiger charge is 1.97. The minimum atomic E-state index is 1.34. The Hall–Kier alpha value is 0. The van der Waals surface area contributed by atoms with Crippen LogP contribution < -0.4 is 0 Å². The van der Waals surface area contributed by atoms with Gasteiger partial charge in [0.15, 0.2) is 0 Å². The van der Waals surface area contributed by atoms with E-state index < -0.39 is 0 Å². The van der Waals surface area contributed by atoms with Gasteiger partial charge in [-0.3, -0.25) is 0 Å². The molecular weight excluding hydrogens is 228 g/mol. The Kier molecular flexibility index (Phi) is 14.4. The maximum atomic E-state index is 2.25. The first-order valence-electron chi connectivity index (χ1n) is 8.71. The molecule has 0 N–H and O–H groups in total. The van der Waals surface area contributed by atoms with Gasteiger partial charge in [0.1, 0.15) is 0 Å². The highest BCUT2D eigenvalue weighted by atomic mass is 14.0. The molecule has 0 heterocycles. The first-order valence-corrected chi connectivity index (χ1v) is 8.71. The quantitative estimate of drug-likeness (QED) is 0.290. The second-order valence-electron chi connectivity index (χ2n) is 6.80. The molecule has 0 atom stereocenters. The highest BCUT2D eigenvalue weighted by Crippen LogP contribution is 2.15. The molecule has 0 bridgehead atoms. The van der Waals surface area contributed by atoms with Gasteiger partial charge in [0.05, 0.1) is 0 Å². The standard InChI is InChI=1S/C19H38/c1-18(2)16-14-12-10-8-6-5-7-9-11-13-15-17-19(3)4/h5-17H2,1-4H3. The van der Waals surface area contributed by atoms with Gasteiger partial charge in [0.2, 0.25) is 0 Å². The third kappa shape index (κ3) is 18.0. The van der Waals surface area contributed by atoms with Crippen molar-refractivity contribution < 1.29 is 0 Å². The van der Waals surface area contributed by atoms with E-state index in [0.717, 1.165) is 0 Å². The monoisotopic (exact) mass is 266 g/mol. The van der Waals surface area contributed by atoms with E-state index in [1.807, 2.05) is 0 Å². The first-order chi connectivity index (χ1) is 9.13. The third-order valence-corrected chi connectivity index (χ3v) is 3.85. The fraction of sp³-hybridized carbons (Fsp3) is 0.895. The van der Waals surface area contributed by atoms with Crippen molar-refractivity contribution in [3.05, 3.63) is 11.8 Å². The molecule has 0 aromatic carbocycles. The largest absolute Gasteiger partial charge is 0.0594 e. The van der Waals surface area contributed by atoms with Gasteiger partial charge in [-0.1, -0.05) is 98.3 Å². The van der Waals surface area contributed by atoms with Crippen molar-refractivity contribution >= 4 is 0 Å². The summed E-state index contributed by atoms with van der Waals surface area (Å²) < 4.78 is 0. The van der Waals surface area contributed by atoms with E-state index in [2.05, 4.69) is 27.7 Å². The second-order valence-corrected chi connectivity index (χ2v) is 6.80. The van der Waals surface area contributed by atoms with E-state index in [0.29, 0.717) is 0 Å². The van der Waals surface area contributed by atoms with Crippen LogP contribution in [0.2, 0.25) is 0 Å². The van der Waals surface area contributed by atoms with Crippen molar-refractivity contribution in [2.75, 3.05) is 0 Å². The van der Waals surface area contributed by atoms with Gasteiger partial charge in [-0.25, -0.2) is 0 Å². The number of rotatable bonds is 14. The Labute approximate surface area is 123 Å². The van der Waals surface area contributed by atoms with Crippen LogP contribution >= 0.6 is 0 Å². The minimum Gasteiger partial charge on any atom is -0.0594 e. The lowest BCUT2D eigenvalue weighted by Gasteiger charge is -2.05. The van der Waals surface area contributed by atoms with E-state index >= 15 is 0 Å². The van der Waals surface area contributed by atoms with Crippen molar-refractivity contribution in [1.29, 1.82) is 0 Å². The van der Waals surface area contributed by atoms with Crippen LogP contribution in [0.25, 0.3) is 0 Å². The predicted molar refractivity (Wildman–Crippen MR) is 89.2 cm³/mol. The maximum absolute atomic E-state index is 2.25. The fourth-order valence-corrected chi connectivity index (χ4v) is 2.55. The summed E-state index contributed by atoms with van der Waals surface area (Å²) in [5.41, 5.74) is 0. The summed E-state index contributed by atoms with van der Waals surface area (Å²) in [5, 5.41) is 0. The topological polar surface area (TPSA) is 0 Å². The molecule has 0 nitrogen and oxygen atoms in total. The van der Waals surface area contributed by atoms with Crippen LogP contribution in [0.15, 0.2) is 0 Å². The van der Waals surface area contributed by atoms with Crippen LogP contribution in [0.3, 0.4) is 0 Å². The average molecular weight is 267 g/mol. The number of hydrogen-bond donors (Lipinski definition) is 0. The van der Waals surface area contributed by atoms with Gasteiger partial charge < -0.3 is 0 Å².